The van der Waals surface area contributed by atoms with Gasteiger partial charge in [-0.2, -0.15) is 27.0 Å². The zero-order valence-electron chi connectivity index (χ0n) is 25.9. The lowest BCUT2D eigenvalue weighted by Crippen LogP contribution is -2.43. The summed E-state index contributed by atoms with van der Waals surface area (Å²) in [4.78, 5) is 50.7. The smallest absolute Gasteiger partial charge is 0.407 e. The molecule has 8 nitrogen and oxygen atoms in total. The molecular weight excluding hydrogens is 607 g/mol. The first-order valence-corrected chi connectivity index (χ1v) is 15.0. The Kier molecular flexibility index (Phi) is 15.2. The third kappa shape index (κ3) is 10.7. The van der Waals surface area contributed by atoms with E-state index in [-0.39, 0.29) is 76.5 Å². The fourth-order valence-electron chi connectivity index (χ4n) is 5.74. The maximum Gasteiger partial charge on any atom is 0.407 e. The molecule has 0 heterocycles. The second-order valence-electron chi connectivity index (χ2n) is 11.6. The summed E-state index contributed by atoms with van der Waals surface area (Å²) in [6.07, 6.45) is 0.781. The highest BCUT2D eigenvalue weighted by molar-refractivity contribution is 7.59. The number of hydrogen-bond acceptors (Lipinski definition) is 5. The van der Waals surface area contributed by atoms with E-state index in [2.05, 4.69) is 34.9 Å². The van der Waals surface area contributed by atoms with Crippen LogP contribution in [-0.4, -0.2) is 42.9 Å². The number of carbonyl (C=O) groups is 4. The zero-order chi connectivity index (χ0) is 30.8. The Hall–Kier alpha value is -3.76. The van der Waals surface area contributed by atoms with Crippen LogP contribution in [0.5, 0.6) is 0 Å². The van der Waals surface area contributed by atoms with Crippen molar-refractivity contribution in [3.8, 4) is 11.1 Å². The van der Waals surface area contributed by atoms with Gasteiger partial charge in [-0.1, -0.05) is 92.7 Å². The summed E-state index contributed by atoms with van der Waals surface area (Å²) >= 11 is 0. The number of fused-ring (bicyclic) bond motifs is 3. The second kappa shape index (κ2) is 18.3. The van der Waals surface area contributed by atoms with Crippen molar-refractivity contribution in [1.82, 2.24) is 10.6 Å². The highest BCUT2D eigenvalue weighted by Gasteiger charge is 2.29. The molecule has 0 bridgehead atoms. The average Bonchev–Trinajstić information content (AvgIpc) is 3.31. The molecule has 3 aromatic rings. The number of ether oxygens (including phenoxy) is 1. The van der Waals surface area contributed by atoms with Gasteiger partial charge in [0, 0.05) is 24.8 Å². The molecule has 0 radical (unpaired) electrons. The van der Waals surface area contributed by atoms with Crippen LogP contribution in [0.4, 0.5) is 4.79 Å². The molecule has 2 atom stereocenters. The Labute approximate surface area is 279 Å². The summed E-state index contributed by atoms with van der Waals surface area (Å²) in [5, 5.41) is 5.62. The minimum Gasteiger partial charge on any atom is -0.449 e. The Morgan fingerprint density at radius 3 is 2.00 bits per heavy atom. The standard InChI is InChI=1S/C35H41N3O5.2H2S/c1-23(2)19-25(34(36)41)21-32(39)31(38-33(40)20-24-11-4-3-5-12-24)17-10-18-37-35(42)43-22-30-28-15-8-6-13-26(28)27-14-7-9-16-29(27)30;;/h3-9,11-16,23,25,30-31H,10,17-22H2,1-2H3,(H2,36,41)(H,37,42)(H,38,40);2*1H2/t25-,31+;;/m1../s1. The molecule has 4 N–H and O–H groups in total. The van der Waals surface area contributed by atoms with E-state index < -0.39 is 24.0 Å². The third-order valence-corrected chi connectivity index (χ3v) is 7.82. The predicted molar refractivity (Wildman–Crippen MR) is 187 cm³/mol. The largest absolute Gasteiger partial charge is 0.449 e. The maximum atomic E-state index is 13.3. The SMILES string of the molecule is CC(C)C[C@H](CC(=O)[C@H](CCCNC(=O)OCC1c2ccccc2-c2ccccc21)NC(=O)Cc1ccccc1)C(N)=O.S.S. The van der Waals surface area contributed by atoms with E-state index in [9.17, 15) is 19.2 Å². The van der Waals surface area contributed by atoms with Gasteiger partial charge in [-0.25, -0.2) is 4.79 Å². The van der Waals surface area contributed by atoms with Gasteiger partial charge in [0.15, 0.2) is 5.78 Å². The normalized spacial score (nSPS) is 12.9. The number of amides is 3. The molecule has 0 aromatic heterocycles. The summed E-state index contributed by atoms with van der Waals surface area (Å²) in [7, 11) is 0. The van der Waals surface area contributed by atoms with Crippen LogP contribution in [0.2, 0.25) is 0 Å². The third-order valence-electron chi connectivity index (χ3n) is 7.82. The Bertz CT molecular complexity index is 1390. The minimum absolute atomic E-state index is 0. The van der Waals surface area contributed by atoms with Crippen molar-refractivity contribution in [2.45, 2.75) is 57.9 Å². The number of alkyl carbamates (subject to hydrolysis) is 1. The molecule has 1 aliphatic carbocycles. The molecule has 0 fully saturated rings. The highest BCUT2D eigenvalue weighted by Crippen LogP contribution is 2.44. The van der Waals surface area contributed by atoms with E-state index in [4.69, 9.17) is 10.5 Å². The second-order valence-corrected chi connectivity index (χ2v) is 11.6. The Balaban J connectivity index is 0.00000353. The number of Topliss-reactive ketones (excluding diaryl/α,β-unsaturated/α-hetero) is 1. The first-order chi connectivity index (χ1) is 20.7. The van der Waals surface area contributed by atoms with Crippen LogP contribution >= 0.6 is 27.0 Å². The van der Waals surface area contributed by atoms with Crippen LogP contribution in [0.3, 0.4) is 0 Å². The molecule has 1 aliphatic rings. The van der Waals surface area contributed by atoms with E-state index in [0.717, 1.165) is 27.8 Å². The van der Waals surface area contributed by atoms with E-state index in [1.165, 1.54) is 0 Å². The monoisotopic (exact) mass is 651 g/mol. The molecule has 10 heteroatoms. The van der Waals surface area contributed by atoms with E-state index in [1.54, 1.807) is 0 Å². The number of rotatable bonds is 15. The van der Waals surface area contributed by atoms with Crippen LogP contribution in [0.1, 0.15) is 62.1 Å². The molecule has 0 aliphatic heterocycles. The van der Waals surface area contributed by atoms with Crippen molar-refractivity contribution in [1.29, 1.82) is 0 Å². The maximum absolute atomic E-state index is 13.3. The van der Waals surface area contributed by atoms with Crippen LogP contribution in [-0.2, 0) is 25.5 Å². The number of benzene rings is 3. The van der Waals surface area contributed by atoms with Crippen LogP contribution < -0.4 is 16.4 Å². The van der Waals surface area contributed by atoms with Crippen molar-refractivity contribution in [2.75, 3.05) is 13.2 Å². The van der Waals surface area contributed by atoms with E-state index in [0.29, 0.717) is 19.3 Å². The van der Waals surface area contributed by atoms with Crippen molar-refractivity contribution >= 4 is 50.7 Å². The average molecular weight is 652 g/mol. The van der Waals surface area contributed by atoms with Gasteiger partial charge in [0.1, 0.15) is 6.61 Å². The van der Waals surface area contributed by atoms with Gasteiger partial charge in [-0.15, -0.1) is 0 Å². The van der Waals surface area contributed by atoms with Gasteiger partial charge in [-0.3, -0.25) is 14.4 Å². The lowest BCUT2D eigenvalue weighted by atomic mass is 9.89. The number of primary amides is 1. The van der Waals surface area contributed by atoms with Gasteiger partial charge >= 0.3 is 6.09 Å². The summed E-state index contributed by atoms with van der Waals surface area (Å²) < 4.78 is 5.60. The number of hydrogen-bond donors (Lipinski definition) is 3. The molecule has 3 aromatic carbocycles. The first-order valence-electron chi connectivity index (χ1n) is 15.0. The lowest BCUT2D eigenvalue weighted by molar-refractivity contribution is -0.131. The summed E-state index contributed by atoms with van der Waals surface area (Å²) in [6, 6.07) is 24.8. The summed E-state index contributed by atoms with van der Waals surface area (Å²) in [6.45, 7) is 4.41. The molecule has 0 unspecified atom stereocenters. The zero-order valence-corrected chi connectivity index (χ0v) is 27.9. The van der Waals surface area contributed by atoms with Gasteiger partial charge in [0.2, 0.25) is 11.8 Å². The minimum atomic E-state index is -0.797. The molecule has 0 saturated heterocycles. The first kappa shape index (κ1) is 37.4. The fourth-order valence-corrected chi connectivity index (χ4v) is 5.74. The number of ketones is 1. The van der Waals surface area contributed by atoms with Gasteiger partial charge < -0.3 is 21.1 Å². The summed E-state index contributed by atoms with van der Waals surface area (Å²) in [5.41, 5.74) is 11.0. The molecule has 45 heavy (non-hydrogen) atoms. The fraction of sp³-hybridized carbons (Fsp3) is 0.371. The molecule has 242 valence electrons. The number of nitrogens with two attached hydrogens (primary N) is 1. The molecular formula is C35H45N3O5S2. The van der Waals surface area contributed by atoms with Crippen LogP contribution in [0.15, 0.2) is 78.9 Å². The van der Waals surface area contributed by atoms with E-state index in [1.807, 2.05) is 68.4 Å². The quantitative estimate of drug-likeness (QED) is 0.191. The van der Waals surface area contributed by atoms with Crippen molar-refractivity contribution < 1.29 is 23.9 Å². The molecule has 0 spiro atoms. The Morgan fingerprint density at radius 1 is 0.844 bits per heavy atom. The number of nitrogens with one attached hydrogen (secondary N) is 2. The predicted octanol–water partition coefficient (Wildman–Crippen LogP) is 5.37. The van der Waals surface area contributed by atoms with Crippen LogP contribution in [0.25, 0.3) is 11.1 Å². The topological polar surface area (TPSA) is 128 Å². The lowest BCUT2D eigenvalue weighted by Gasteiger charge is -2.21. The van der Waals surface area contributed by atoms with Crippen molar-refractivity contribution in [3.05, 3.63) is 95.6 Å². The van der Waals surface area contributed by atoms with Gasteiger partial charge in [0.05, 0.1) is 12.5 Å². The van der Waals surface area contributed by atoms with E-state index >= 15 is 0 Å². The van der Waals surface area contributed by atoms with Crippen molar-refractivity contribution in [3.63, 3.8) is 0 Å². The molecule has 3 amide bonds. The molecule has 4 rings (SSSR count). The summed E-state index contributed by atoms with van der Waals surface area (Å²) in [5.74, 6) is -1.49. The van der Waals surface area contributed by atoms with Gasteiger partial charge in [-0.05, 0) is 53.0 Å². The Morgan fingerprint density at radius 2 is 1.42 bits per heavy atom. The molecule has 0 saturated carbocycles. The van der Waals surface area contributed by atoms with Crippen LogP contribution in [0, 0.1) is 11.8 Å². The highest BCUT2D eigenvalue weighted by atomic mass is 32.1. The number of carbonyl (C=O) groups excluding carboxylic acids is 4. The van der Waals surface area contributed by atoms with Crippen molar-refractivity contribution in [2.24, 2.45) is 17.6 Å². The van der Waals surface area contributed by atoms with Gasteiger partial charge in [0.25, 0.3) is 0 Å².